The van der Waals surface area contributed by atoms with Crippen LogP contribution in [0.5, 0.6) is 5.75 Å². The second-order valence-corrected chi connectivity index (χ2v) is 4.03. The van der Waals surface area contributed by atoms with Gasteiger partial charge in [-0.3, -0.25) is 4.21 Å². The quantitative estimate of drug-likeness (QED) is 0.715. The number of aryl methyl sites for hydroxylation is 1. The van der Waals surface area contributed by atoms with E-state index in [1.165, 1.54) is 5.56 Å². The van der Waals surface area contributed by atoms with Crippen LogP contribution in [0.2, 0.25) is 0 Å². The summed E-state index contributed by atoms with van der Waals surface area (Å²) in [6.07, 6.45) is 1.62. The maximum atomic E-state index is 10.7. The van der Waals surface area contributed by atoms with Gasteiger partial charge in [0.2, 0.25) is 0 Å². The van der Waals surface area contributed by atoms with Crippen LogP contribution >= 0.6 is 0 Å². The second kappa shape index (κ2) is 4.26. The second-order valence-electron chi connectivity index (χ2n) is 2.65. The van der Waals surface area contributed by atoms with Crippen molar-refractivity contribution in [3.8, 4) is 5.75 Å². The lowest BCUT2D eigenvalue weighted by atomic mass is 10.2. The van der Waals surface area contributed by atoms with Crippen molar-refractivity contribution in [2.45, 2.75) is 6.92 Å². The molecule has 0 amide bonds. The molecule has 0 aliphatic heterocycles. The minimum absolute atomic E-state index is 0.267. The first-order valence-electron chi connectivity index (χ1n) is 3.68. The van der Waals surface area contributed by atoms with E-state index >= 15 is 0 Å². The highest BCUT2D eigenvalue weighted by Gasteiger charge is 1.93. The molecule has 0 N–H and O–H groups in total. The van der Waals surface area contributed by atoms with Crippen LogP contribution in [-0.2, 0) is 10.8 Å². The minimum atomic E-state index is -0.894. The monoisotopic (exact) mass is 184 g/mol. The van der Waals surface area contributed by atoms with Crippen LogP contribution in [-0.4, -0.2) is 16.4 Å². The number of hydrogen-bond donors (Lipinski definition) is 0. The summed E-state index contributed by atoms with van der Waals surface area (Å²) < 4.78 is 15.9. The Bertz CT molecular complexity index is 266. The van der Waals surface area contributed by atoms with Gasteiger partial charge in [-0.15, -0.1) is 0 Å². The van der Waals surface area contributed by atoms with E-state index in [-0.39, 0.29) is 5.94 Å². The van der Waals surface area contributed by atoms with Crippen molar-refractivity contribution in [1.82, 2.24) is 0 Å². The summed E-state index contributed by atoms with van der Waals surface area (Å²) in [6, 6.07) is 7.69. The maximum absolute atomic E-state index is 10.7. The van der Waals surface area contributed by atoms with Gasteiger partial charge < -0.3 is 4.74 Å². The van der Waals surface area contributed by atoms with Crippen LogP contribution in [0.25, 0.3) is 0 Å². The van der Waals surface area contributed by atoms with Crippen molar-refractivity contribution in [3.05, 3.63) is 29.8 Å². The van der Waals surface area contributed by atoms with Crippen LogP contribution in [0.4, 0.5) is 0 Å². The summed E-state index contributed by atoms with van der Waals surface area (Å²) in [4.78, 5) is 0. The lowest BCUT2D eigenvalue weighted by Gasteiger charge is -2.03. The molecule has 0 saturated heterocycles. The first-order valence-corrected chi connectivity index (χ1v) is 5.40. The van der Waals surface area contributed by atoms with Crippen molar-refractivity contribution in [1.29, 1.82) is 0 Å². The van der Waals surface area contributed by atoms with Crippen molar-refractivity contribution >= 4 is 10.8 Å². The molecule has 1 rings (SSSR count). The molecule has 0 heterocycles. The fraction of sp³-hybridized carbons (Fsp3) is 0.333. The van der Waals surface area contributed by atoms with E-state index in [0.29, 0.717) is 0 Å². The number of ether oxygens (including phenoxy) is 1. The summed E-state index contributed by atoms with van der Waals surface area (Å²) in [5, 5.41) is 0. The summed E-state index contributed by atoms with van der Waals surface area (Å²) >= 11 is 0. The summed E-state index contributed by atoms with van der Waals surface area (Å²) in [5.41, 5.74) is 1.19. The van der Waals surface area contributed by atoms with E-state index in [2.05, 4.69) is 0 Å². The summed E-state index contributed by atoms with van der Waals surface area (Å²) in [6.45, 7) is 2.02. The smallest absolute Gasteiger partial charge is 0.162 e. The molecule has 0 radical (unpaired) electrons. The molecule has 0 bridgehead atoms. The van der Waals surface area contributed by atoms with Gasteiger partial charge in [0.05, 0.1) is 10.8 Å². The van der Waals surface area contributed by atoms with Crippen molar-refractivity contribution in [2.24, 2.45) is 0 Å². The van der Waals surface area contributed by atoms with E-state index in [1.54, 1.807) is 6.26 Å². The van der Waals surface area contributed by atoms with E-state index in [1.807, 2.05) is 31.2 Å². The topological polar surface area (TPSA) is 26.3 Å². The van der Waals surface area contributed by atoms with Gasteiger partial charge in [0.15, 0.2) is 5.94 Å². The largest absolute Gasteiger partial charge is 0.480 e. The number of benzene rings is 1. The van der Waals surface area contributed by atoms with Crippen molar-refractivity contribution < 1.29 is 8.95 Å². The van der Waals surface area contributed by atoms with Gasteiger partial charge in [0.1, 0.15) is 5.75 Å². The van der Waals surface area contributed by atoms with Gasteiger partial charge in [-0.05, 0) is 19.1 Å². The third-order valence-corrected chi connectivity index (χ3v) is 1.86. The molecule has 12 heavy (non-hydrogen) atoms. The normalized spacial score (nSPS) is 12.5. The summed E-state index contributed by atoms with van der Waals surface area (Å²) in [7, 11) is -0.894. The Hall–Kier alpha value is -0.830. The van der Waals surface area contributed by atoms with Crippen LogP contribution in [0.3, 0.4) is 0 Å². The third-order valence-electron chi connectivity index (χ3n) is 1.41. The summed E-state index contributed by atoms with van der Waals surface area (Å²) in [5.74, 6) is 1.04. The zero-order valence-corrected chi connectivity index (χ0v) is 8.06. The molecule has 0 saturated carbocycles. The van der Waals surface area contributed by atoms with E-state index < -0.39 is 10.8 Å². The fourth-order valence-corrected chi connectivity index (χ4v) is 1.09. The van der Waals surface area contributed by atoms with Crippen molar-refractivity contribution in [2.75, 3.05) is 12.2 Å². The predicted molar refractivity (Wildman–Crippen MR) is 50.7 cm³/mol. The average molecular weight is 184 g/mol. The average Bonchev–Trinajstić information content (AvgIpc) is 2.03. The first-order chi connectivity index (χ1) is 5.68. The lowest BCUT2D eigenvalue weighted by molar-refractivity contribution is 0.387. The molecule has 0 aliphatic rings. The van der Waals surface area contributed by atoms with Gasteiger partial charge in [-0.25, -0.2) is 0 Å². The maximum Gasteiger partial charge on any atom is 0.162 e. The fourth-order valence-electron chi connectivity index (χ4n) is 0.786. The van der Waals surface area contributed by atoms with Gasteiger partial charge in [0, 0.05) is 6.26 Å². The van der Waals surface area contributed by atoms with Gasteiger partial charge in [0.25, 0.3) is 0 Å². The highest BCUT2D eigenvalue weighted by Crippen LogP contribution is 2.11. The molecule has 0 fully saturated rings. The van der Waals surface area contributed by atoms with Gasteiger partial charge in [-0.2, -0.15) is 0 Å². The van der Waals surface area contributed by atoms with E-state index in [9.17, 15) is 4.21 Å². The Labute approximate surface area is 75.0 Å². The first kappa shape index (κ1) is 9.26. The zero-order valence-electron chi connectivity index (χ0n) is 7.24. The molecule has 1 aromatic carbocycles. The SMILES string of the molecule is Cc1ccc(OCS(C)=O)cc1. The number of hydrogen-bond acceptors (Lipinski definition) is 2. The van der Waals surface area contributed by atoms with E-state index in [0.717, 1.165) is 5.75 Å². The number of rotatable bonds is 3. The van der Waals surface area contributed by atoms with E-state index in [4.69, 9.17) is 4.74 Å². The molecule has 0 spiro atoms. The Balaban J connectivity index is 2.53. The molecule has 1 atom stereocenters. The third kappa shape index (κ3) is 3.05. The molecule has 1 aromatic rings. The molecule has 0 aromatic heterocycles. The molecular weight excluding hydrogens is 172 g/mol. The lowest BCUT2D eigenvalue weighted by Crippen LogP contribution is -2.02. The Kier molecular flexibility index (Phi) is 3.29. The van der Waals surface area contributed by atoms with Crippen LogP contribution < -0.4 is 4.74 Å². The van der Waals surface area contributed by atoms with Crippen LogP contribution in [0.1, 0.15) is 5.56 Å². The van der Waals surface area contributed by atoms with Gasteiger partial charge in [-0.1, -0.05) is 17.7 Å². The van der Waals surface area contributed by atoms with Crippen molar-refractivity contribution in [3.63, 3.8) is 0 Å². The molecule has 1 unspecified atom stereocenters. The van der Waals surface area contributed by atoms with Crippen LogP contribution in [0, 0.1) is 6.92 Å². The molecular formula is C9H12O2S. The molecule has 0 aliphatic carbocycles. The molecule has 3 heteroatoms. The van der Waals surface area contributed by atoms with Gasteiger partial charge >= 0.3 is 0 Å². The van der Waals surface area contributed by atoms with Crippen LogP contribution in [0.15, 0.2) is 24.3 Å². The predicted octanol–water partition coefficient (Wildman–Crippen LogP) is 1.71. The minimum Gasteiger partial charge on any atom is -0.480 e. The standard InChI is InChI=1S/C9H12O2S/c1-8-3-5-9(6-4-8)11-7-12(2)10/h3-6H,7H2,1-2H3. The Morgan fingerprint density at radius 3 is 2.42 bits per heavy atom. The Morgan fingerprint density at radius 1 is 1.33 bits per heavy atom. The Morgan fingerprint density at radius 2 is 1.92 bits per heavy atom. The highest BCUT2D eigenvalue weighted by molar-refractivity contribution is 7.84. The molecule has 66 valence electrons. The molecule has 2 nitrogen and oxygen atoms in total. The zero-order chi connectivity index (χ0) is 8.97. The highest BCUT2D eigenvalue weighted by atomic mass is 32.2.